The fourth-order valence-corrected chi connectivity index (χ4v) is 3.63. The lowest BCUT2D eigenvalue weighted by Crippen LogP contribution is -2.12. The van der Waals surface area contributed by atoms with Gasteiger partial charge < -0.3 is 9.73 Å². The average molecular weight is 367 g/mol. The van der Waals surface area contributed by atoms with Crippen molar-refractivity contribution >= 4 is 47.4 Å². The lowest BCUT2D eigenvalue weighted by Gasteiger charge is -2.04. The van der Waals surface area contributed by atoms with Crippen LogP contribution < -0.4 is 5.32 Å². The van der Waals surface area contributed by atoms with Crippen molar-refractivity contribution in [2.24, 2.45) is 0 Å². The van der Waals surface area contributed by atoms with Gasteiger partial charge in [-0.15, -0.1) is 22.6 Å². The topological polar surface area (TPSA) is 51.0 Å². The van der Waals surface area contributed by atoms with E-state index in [4.69, 9.17) is 27.6 Å². The van der Waals surface area contributed by atoms with E-state index in [1.54, 1.807) is 0 Å². The minimum absolute atomic E-state index is 0. The molecule has 2 aromatic rings. The van der Waals surface area contributed by atoms with Crippen molar-refractivity contribution in [1.82, 2.24) is 15.5 Å². The third-order valence-electron chi connectivity index (χ3n) is 3.18. The molecule has 1 aliphatic rings. The molecule has 0 amide bonds. The summed E-state index contributed by atoms with van der Waals surface area (Å²) in [5, 5.41) is 13.3. The second-order valence-electron chi connectivity index (χ2n) is 4.54. The Labute approximate surface area is 143 Å². The maximum Gasteiger partial charge on any atom is 0.276 e. The highest BCUT2D eigenvalue weighted by molar-refractivity contribution is 7.98. The summed E-state index contributed by atoms with van der Waals surface area (Å²) in [5.41, 5.74) is 0.888. The Morgan fingerprint density at radius 2 is 2.05 bits per heavy atom. The molecular formula is C13H14Cl3N3OS. The molecule has 8 heteroatoms. The molecule has 2 heterocycles. The first-order valence-electron chi connectivity index (χ1n) is 6.36. The van der Waals surface area contributed by atoms with Gasteiger partial charge in [-0.3, -0.25) is 0 Å². The third kappa shape index (κ3) is 4.05. The standard InChI is InChI=1S/C13H13Cl2N3OS.ClH/c14-9-3-1-4-10(15)8(9)7-20-13-18-17-12(19-13)11-5-2-6-16-11;/h1,3-4,11,16H,2,5-7H2;1H. The molecule has 1 atom stereocenters. The zero-order valence-electron chi connectivity index (χ0n) is 11.0. The van der Waals surface area contributed by atoms with Gasteiger partial charge in [-0.05, 0) is 37.1 Å². The largest absolute Gasteiger partial charge is 0.414 e. The first-order valence-corrected chi connectivity index (χ1v) is 8.10. The van der Waals surface area contributed by atoms with E-state index in [-0.39, 0.29) is 18.4 Å². The number of rotatable bonds is 4. The molecule has 1 unspecified atom stereocenters. The van der Waals surface area contributed by atoms with Crippen molar-refractivity contribution < 1.29 is 4.42 Å². The molecule has 1 aromatic heterocycles. The highest BCUT2D eigenvalue weighted by atomic mass is 35.5. The zero-order chi connectivity index (χ0) is 13.9. The summed E-state index contributed by atoms with van der Waals surface area (Å²) in [6, 6.07) is 5.67. The number of nitrogens with zero attached hydrogens (tertiary/aromatic N) is 2. The molecular weight excluding hydrogens is 353 g/mol. The van der Waals surface area contributed by atoms with Gasteiger partial charge in [-0.1, -0.05) is 41.0 Å². The number of nitrogens with one attached hydrogen (secondary N) is 1. The summed E-state index contributed by atoms with van der Waals surface area (Å²) in [7, 11) is 0. The van der Waals surface area contributed by atoms with Crippen molar-refractivity contribution in [3.63, 3.8) is 0 Å². The van der Waals surface area contributed by atoms with Crippen LogP contribution in [0.25, 0.3) is 0 Å². The molecule has 1 aromatic carbocycles. The molecule has 3 rings (SSSR count). The maximum atomic E-state index is 6.13. The van der Waals surface area contributed by atoms with Crippen LogP contribution in [0.3, 0.4) is 0 Å². The first kappa shape index (κ1) is 16.9. The van der Waals surface area contributed by atoms with E-state index in [1.165, 1.54) is 11.8 Å². The van der Waals surface area contributed by atoms with Gasteiger partial charge in [-0.2, -0.15) is 0 Å². The fraction of sp³-hybridized carbons (Fsp3) is 0.385. The summed E-state index contributed by atoms with van der Waals surface area (Å²) >= 11 is 13.7. The van der Waals surface area contributed by atoms with Crippen molar-refractivity contribution in [2.75, 3.05) is 6.54 Å². The number of hydrogen-bond acceptors (Lipinski definition) is 5. The Morgan fingerprint density at radius 3 is 2.71 bits per heavy atom. The average Bonchev–Trinajstić information content (AvgIpc) is 3.09. The molecule has 1 N–H and O–H groups in total. The van der Waals surface area contributed by atoms with Gasteiger partial charge in [-0.25, -0.2) is 0 Å². The van der Waals surface area contributed by atoms with Crippen LogP contribution in [0.1, 0.15) is 30.3 Å². The van der Waals surface area contributed by atoms with Crippen LogP contribution in [0.15, 0.2) is 27.8 Å². The Hall–Kier alpha value is -0.460. The number of thioether (sulfide) groups is 1. The minimum atomic E-state index is 0. The number of hydrogen-bond donors (Lipinski definition) is 1. The summed E-state index contributed by atoms with van der Waals surface area (Å²) in [4.78, 5) is 0. The van der Waals surface area contributed by atoms with Gasteiger partial charge in [0.2, 0.25) is 5.89 Å². The van der Waals surface area contributed by atoms with Crippen LogP contribution in [0.2, 0.25) is 10.0 Å². The Morgan fingerprint density at radius 1 is 1.29 bits per heavy atom. The maximum absolute atomic E-state index is 6.13. The normalized spacial score (nSPS) is 17.7. The van der Waals surface area contributed by atoms with Gasteiger partial charge >= 0.3 is 0 Å². The van der Waals surface area contributed by atoms with E-state index >= 15 is 0 Å². The molecule has 0 bridgehead atoms. The lowest BCUT2D eigenvalue weighted by atomic mass is 10.2. The van der Waals surface area contributed by atoms with Gasteiger partial charge in [0.15, 0.2) is 0 Å². The highest BCUT2D eigenvalue weighted by Crippen LogP contribution is 2.32. The second-order valence-corrected chi connectivity index (χ2v) is 6.29. The summed E-state index contributed by atoms with van der Waals surface area (Å²) in [6.07, 6.45) is 2.19. The van der Waals surface area contributed by atoms with Crippen LogP contribution in [0, 0.1) is 0 Å². The second kappa shape index (κ2) is 7.70. The number of halogens is 3. The Bertz CT molecular complexity index is 582. The first-order chi connectivity index (χ1) is 9.74. The minimum Gasteiger partial charge on any atom is -0.414 e. The van der Waals surface area contributed by atoms with E-state index < -0.39 is 0 Å². The Kier molecular flexibility index (Phi) is 6.20. The smallest absolute Gasteiger partial charge is 0.276 e. The van der Waals surface area contributed by atoms with Crippen LogP contribution in [0.5, 0.6) is 0 Å². The van der Waals surface area contributed by atoms with E-state index in [2.05, 4.69) is 15.5 Å². The SMILES string of the molecule is Cl.Clc1cccc(Cl)c1CSc1nnc(C2CCCN2)o1. The predicted octanol–water partition coefficient (Wildman–Crippen LogP) is 4.52. The highest BCUT2D eigenvalue weighted by Gasteiger charge is 2.22. The van der Waals surface area contributed by atoms with Crippen LogP contribution >= 0.6 is 47.4 Å². The van der Waals surface area contributed by atoms with Crippen LogP contribution in [0.4, 0.5) is 0 Å². The summed E-state index contributed by atoms with van der Waals surface area (Å²) in [5.74, 6) is 1.27. The molecule has 1 fully saturated rings. The lowest BCUT2D eigenvalue weighted by molar-refractivity contribution is 0.374. The van der Waals surface area contributed by atoms with E-state index in [0.717, 1.165) is 24.9 Å². The molecule has 1 saturated heterocycles. The van der Waals surface area contributed by atoms with Crippen molar-refractivity contribution in [3.05, 3.63) is 39.7 Å². The molecule has 0 radical (unpaired) electrons. The van der Waals surface area contributed by atoms with Crippen molar-refractivity contribution in [1.29, 1.82) is 0 Å². The van der Waals surface area contributed by atoms with E-state index in [9.17, 15) is 0 Å². The van der Waals surface area contributed by atoms with Crippen molar-refractivity contribution in [2.45, 2.75) is 29.9 Å². The van der Waals surface area contributed by atoms with Gasteiger partial charge in [0.25, 0.3) is 5.22 Å². The van der Waals surface area contributed by atoms with Crippen LogP contribution in [-0.4, -0.2) is 16.7 Å². The number of benzene rings is 1. The van der Waals surface area contributed by atoms with Gasteiger partial charge in [0.1, 0.15) is 0 Å². The van der Waals surface area contributed by atoms with Crippen molar-refractivity contribution in [3.8, 4) is 0 Å². The molecule has 0 spiro atoms. The fourth-order valence-electron chi connectivity index (χ4n) is 2.12. The third-order valence-corrected chi connectivity index (χ3v) is 4.74. The Balaban J connectivity index is 0.00000161. The molecule has 0 saturated carbocycles. The predicted molar refractivity (Wildman–Crippen MR) is 87.5 cm³/mol. The molecule has 0 aliphatic carbocycles. The molecule has 4 nitrogen and oxygen atoms in total. The number of aromatic nitrogens is 2. The van der Waals surface area contributed by atoms with Gasteiger partial charge in [0, 0.05) is 15.8 Å². The van der Waals surface area contributed by atoms with E-state index in [0.29, 0.717) is 26.9 Å². The summed E-state index contributed by atoms with van der Waals surface area (Å²) in [6.45, 7) is 1.00. The zero-order valence-corrected chi connectivity index (χ0v) is 14.2. The molecule has 1 aliphatic heterocycles. The van der Waals surface area contributed by atoms with E-state index in [1.807, 2.05) is 18.2 Å². The monoisotopic (exact) mass is 365 g/mol. The quantitative estimate of drug-likeness (QED) is 0.806. The molecule has 114 valence electrons. The van der Waals surface area contributed by atoms with Gasteiger partial charge in [0.05, 0.1) is 6.04 Å². The van der Waals surface area contributed by atoms with Crippen LogP contribution in [-0.2, 0) is 5.75 Å². The molecule has 21 heavy (non-hydrogen) atoms. The summed E-state index contributed by atoms with van der Waals surface area (Å²) < 4.78 is 5.66.